The molecule has 0 radical (unpaired) electrons. The summed E-state index contributed by atoms with van der Waals surface area (Å²) in [7, 11) is 0. The monoisotopic (exact) mass is 468 g/mol. The van der Waals surface area contributed by atoms with Crippen LogP contribution in [0.5, 0.6) is 0 Å². The average molecular weight is 469 g/mol. The maximum absolute atomic E-state index is 12.7. The molecule has 9 heteroatoms. The molecule has 0 atom stereocenters. The minimum absolute atomic E-state index is 0.176. The Bertz CT molecular complexity index is 1170. The average Bonchev–Trinajstić information content (AvgIpc) is 2.77. The largest absolute Gasteiger partial charge is 0.329 e. The molecule has 3 N–H and O–H groups in total. The first-order valence-corrected chi connectivity index (χ1v) is 10.2. The fraction of sp³-hybridized carbons (Fsp3) is 0.0435. The Balaban J connectivity index is 1.66. The van der Waals surface area contributed by atoms with Gasteiger partial charge in [-0.05, 0) is 43.3 Å². The molecule has 0 aromatic heterocycles. The van der Waals surface area contributed by atoms with Crippen LogP contribution in [0, 0.1) is 6.92 Å². The third kappa shape index (κ3) is 5.94. The van der Waals surface area contributed by atoms with Gasteiger partial charge >= 0.3 is 11.8 Å². The lowest BCUT2D eigenvalue weighted by molar-refractivity contribution is -0.136. The minimum atomic E-state index is -1.03. The van der Waals surface area contributed by atoms with Crippen LogP contribution in [-0.4, -0.2) is 23.9 Å². The van der Waals surface area contributed by atoms with Gasteiger partial charge in [-0.2, -0.15) is 5.10 Å². The van der Waals surface area contributed by atoms with E-state index < -0.39 is 17.7 Å². The summed E-state index contributed by atoms with van der Waals surface area (Å²) in [6.45, 7) is 1.94. The van der Waals surface area contributed by atoms with Crippen LogP contribution in [-0.2, 0) is 9.59 Å². The SMILES string of the molecule is Cc1ccc(NC(=O)c2ccccc2NC(=O)C(=O)N/N=C/c2c(Cl)cccc2Cl)cc1. The van der Waals surface area contributed by atoms with Gasteiger partial charge in [0.15, 0.2) is 0 Å². The number of rotatable bonds is 5. The Hall–Kier alpha value is -3.68. The van der Waals surface area contributed by atoms with Crippen molar-refractivity contribution in [2.45, 2.75) is 6.92 Å². The quantitative estimate of drug-likeness (QED) is 0.288. The third-order valence-corrected chi connectivity index (χ3v) is 4.95. The molecule has 7 nitrogen and oxygen atoms in total. The fourth-order valence-corrected chi connectivity index (χ4v) is 3.14. The highest BCUT2D eigenvalue weighted by atomic mass is 35.5. The Kier molecular flexibility index (Phi) is 7.59. The molecule has 0 bridgehead atoms. The summed E-state index contributed by atoms with van der Waals surface area (Å²) in [6, 6.07) is 18.5. The van der Waals surface area contributed by atoms with Crippen LogP contribution in [0.25, 0.3) is 0 Å². The third-order valence-electron chi connectivity index (χ3n) is 4.30. The van der Waals surface area contributed by atoms with Gasteiger partial charge in [-0.15, -0.1) is 0 Å². The zero-order chi connectivity index (χ0) is 23.1. The van der Waals surface area contributed by atoms with E-state index in [2.05, 4.69) is 21.2 Å². The lowest BCUT2D eigenvalue weighted by Gasteiger charge is -2.11. The zero-order valence-electron chi connectivity index (χ0n) is 16.9. The number of benzene rings is 3. The normalized spacial score (nSPS) is 10.6. The molecule has 0 spiro atoms. The maximum Gasteiger partial charge on any atom is 0.329 e. The summed E-state index contributed by atoms with van der Waals surface area (Å²) in [4.78, 5) is 37.0. The number of aryl methyl sites for hydroxylation is 1. The maximum atomic E-state index is 12.7. The zero-order valence-corrected chi connectivity index (χ0v) is 18.4. The van der Waals surface area contributed by atoms with Crippen molar-refractivity contribution in [3.8, 4) is 0 Å². The first-order chi connectivity index (χ1) is 15.3. The Morgan fingerprint density at radius 3 is 2.16 bits per heavy atom. The van der Waals surface area contributed by atoms with Crippen molar-refractivity contribution in [3.05, 3.63) is 93.5 Å². The summed E-state index contributed by atoms with van der Waals surface area (Å²) in [6.07, 6.45) is 1.23. The van der Waals surface area contributed by atoms with Crippen molar-refractivity contribution < 1.29 is 14.4 Å². The molecule has 0 heterocycles. The van der Waals surface area contributed by atoms with Crippen LogP contribution >= 0.6 is 23.2 Å². The highest BCUT2D eigenvalue weighted by molar-refractivity contribution is 6.40. The van der Waals surface area contributed by atoms with Gasteiger partial charge in [-0.1, -0.05) is 59.1 Å². The van der Waals surface area contributed by atoms with E-state index in [1.165, 1.54) is 18.3 Å². The summed E-state index contributed by atoms with van der Waals surface area (Å²) < 4.78 is 0. The number of nitrogens with zero attached hydrogens (tertiary/aromatic N) is 1. The molecule has 0 fully saturated rings. The highest BCUT2D eigenvalue weighted by Gasteiger charge is 2.18. The van der Waals surface area contributed by atoms with E-state index in [4.69, 9.17) is 23.2 Å². The number of hydrazone groups is 1. The van der Waals surface area contributed by atoms with Crippen LogP contribution in [0.2, 0.25) is 10.0 Å². The second kappa shape index (κ2) is 10.6. The smallest absolute Gasteiger partial charge is 0.322 e. The van der Waals surface area contributed by atoms with E-state index in [0.29, 0.717) is 21.3 Å². The van der Waals surface area contributed by atoms with Crippen molar-refractivity contribution in [2.75, 3.05) is 10.6 Å². The van der Waals surface area contributed by atoms with Crippen molar-refractivity contribution in [3.63, 3.8) is 0 Å². The molecule has 32 heavy (non-hydrogen) atoms. The minimum Gasteiger partial charge on any atom is -0.322 e. The van der Waals surface area contributed by atoms with Crippen molar-refractivity contribution >= 4 is 58.5 Å². The number of nitrogens with one attached hydrogen (secondary N) is 3. The van der Waals surface area contributed by atoms with Crippen molar-refractivity contribution in [2.24, 2.45) is 5.10 Å². The molecule has 0 aliphatic heterocycles. The highest BCUT2D eigenvalue weighted by Crippen LogP contribution is 2.22. The number of carbonyl (C=O) groups excluding carboxylic acids is 3. The number of anilines is 2. The van der Waals surface area contributed by atoms with Crippen LogP contribution in [0.4, 0.5) is 11.4 Å². The standard InChI is InChI=1S/C23H18Cl2N4O3/c1-14-9-11-15(12-10-14)27-21(30)16-5-2-3-8-20(16)28-22(31)23(32)29-26-13-17-18(24)6-4-7-19(17)25/h2-13H,1H3,(H,27,30)(H,28,31)(H,29,32)/b26-13+. The van der Waals surface area contributed by atoms with Crippen LogP contribution in [0.15, 0.2) is 71.8 Å². The molecule has 162 valence electrons. The van der Waals surface area contributed by atoms with Crippen molar-refractivity contribution in [1.29, 1.82) is 0 Å². The topological polar surface area (TPSA) is 99.7 Å². The van der Waals surface area contributed by atoms with Gasteiger partial charge in [0.05, 0.1) is 27.5 Å². The summed E-state index contributed by atoms with van der Waals surface area (Å²) in [5.41, 5.74) is 4.53. The summed E-state index contributed by atoms with van der Waals surface area (Å²) in [5, 5.41) is 9.57. The van der Waals surface area contributed by atoms with E-state index in [1.54, 1.807) is 42.5 Å². The fourth-order valence-electron chi connectivity index (χ4n) is 2.64. The molecule has 0 aliphatic carbocycles. The molecule has 3 rings (SSSR count). The molecule has 3 aromatic carbocycles. The van der Waals surface area contributed by atoms with Gasteiger partial charge in [0.2, 0.25) is 0 Å². The van der Waals surface area contributed by atoms with Crippen molar-refractivity contribution in [1.82, 2.24) is 5.43 Å². The lowest BCUT2D eigenvalue weighted by atomic mass is 10.1. The lowest BCUT2D eigenvalue weighted by Crippen LogP contribution is -2.33. The number of para-hydroxylation sites is 1. The molecule has 3 aromatic rings. The van der Waals surface area contributed by atoms with Gasteiger partial charge in [0, 0.05) is 11.3 Å². The number of halogens is 2. The molecular weight excluding hydrogens is 451 g/mol. The summed E-state index contributed by atoms with van der Waals surface area (Å²) >= 11 is 12.0. The number of amides is 3. The molecule has 0 saturated carbocycles. The molecule has 3 amide bonds. The van der Waals surface area contributed by atoms with E-state index in [9.17, 15) is 14.4 Å². The van der Waals surface area contributed by atoms with Gasteiger partial charge in [0.1, 0.15) is 0 Å². The van der Waals surface area contributed by atoms with Gasteiger partial charge in [-0.3, -0.25) is 14.4 Å². The second-order valence-corrected chi connectivity index (χ2v) is 7.47. The van der Waals surface area contributed by atoms with Gasteiger partial charge in [-0.25, -0.2) is 5.43 Å². The first-order valence-electron chi connectivity index (χ1n) is 9.40. The molecule has 0 unspecified atom stereocenters. The Morgan fingerprint density at radius 2 is 1.47 bits per heavy atom. The van der Waals surface area contributed by atoms with E-state index in [-0.39, 0.29) is 11.3 Å². The molecular formula is C23H18Cl2N4O3. The van der Waals surface area contributed by atoms with Gasteiger partial charge < -0.3 is 10.6 Å². The predicted octanol–water partition coefficient (Wildman–Crippen LogP) is 4.64. The van der Waals surface area contributed by atoms with E-state index >= 15 is 0 Å². The first kappa shape index (κ1) is 23.0. The van der Waals surface area contributed by atoms with E-state index in [1.807, 2.05) is 19.1 Å². The van der Waals surface area contributed by atoms with Crippen LogP contribution in [0.1, 0.15) is 21.5 Å². The molecule has 0 saturated heterocycles. The van der Waals surface area contributed by atoms with E-state index in [0.717, 1.165) is 5.56 Å². The van der Waals surface area contributed by atoms with Crippen LogP contribution in [0.3, 0.4) is 0 Å². The number of hydrogen-bond donors (Lipinski definition) is 3. The van der Waals surface area contributed by atoms with Crippen LogP contribution < -0.4 is 16.1 Å². The Morgan fingerprint density at radius 1 is 0.812 bits per heavy atom. The van der Waals surface area contributed by atoms with Gasteiger partial charge in [0.25, 0.3) is 5.91 Å². The second-order valence-electron chi connectivity index (χ2n) is 6.65. The number of carbonyl (C=O) groups is 3. The summed E-state index contributed by atoms with van der Waals surface area (Å²) in [5.74, 6) is -2.46. The molecule has 0 aliphatic rings. The predicted molar refractivity (Wildman–Crippen MR) is 126 cm³/mol. The Labute approximate surface area is 194 Å². The number of hydrogen-bond acceptors (Lipinski definition) is 4.